The summed E-state index contributed by atoms with van der Waals surface area (Å²) in [5.41, 5.74) is 0.0391. The Morgan fingerprint density at radius 2 is 2.15 bits per heavy atom. The summed E-state index contributed by atoms with van der Waals surface area (Å²) < 4.78 is 13.2. The summed E-state index contributed by atoms with van der Waals surface area (Å²) in [6.07, 6.45) is -0.398. The summed E-state index contributed by atoms with van der Waals surface area (Å²) in [6, 6.07) is 2.13. The van der Waals surface area contributed by atoms with Crippen LogP contribution in [-0.2, 0) is 11.2 Å². The van der Waals surface area contributed by atoms with Crippen LogP contribution in [-0.4, -0.2) is 16.2 Å². The average molecular weight is 249 g/mol. The van der Waals surface area contributed by atoms with Crippen molar-refractivity contribution in [3.05, 3.63) is 28.0 Å². The molecule has 0 amide bonds. The number of carboxylic acids is 1. The van der Waals surface area contributed by atoms with Crippen LogP contribution in [0.4, 0.5) is 4.39 Å². The second kappa shape index (κ2) is 3.74. The molecule has 0 atom stereocenters. The molecule has 1 rings (SSSR count). The number of aliphatic carboxylic acids is 1. The Bertz CT molecular complexity index is 351. The summed E-state index contributed by atoms with van der Waals surface area (Å²) in [5.74, 6) is -2.08. The first kappa shape index (κ1) is 9.98. The highest BCUT2D eigenvalue weighted by Gasteiger charge is 2.10. The normalized spacial score (nSPS) is 10.0. The fourth-order valence-corrected chi connectivity index (χ4v) is 1.27. The lowest BCUT2D eigenvalue weighted by Crippen LogP contribution is -2.02. The van der Waals surface area contributed by atoms with Crippen molar-refractivity contribution in [1.82, 2.24) is 0 Å². The largest absolute Gasteiger partial charge is 0.507 e. The molecule has 0 heterocycles. The second-order valence-corrected chi connectivity index (χ2v) is 3.32. The van der Waals surface area contributed by atoms with Crippen LogP contribution in [0.5, 0.6) is 5.75 Å². The van der Waals surface area contributed by atoms with Gasteiger partial charge in [0.1, 0.15) is 11.6 Å². The van der Waals surface area contributed by atoms with Crippen molar-refractivity contribution in [1.29, 1.82) is 0 Å². The van der Waals surface area contributed by atoms with Crippen LogP contribution in [0, 0.1) is 5.82 Å². The van der Waals surface area contributed by atoms with Gasteiger partial charge in [0.15, 0.2) is 0 Å². The first-order valence-electron chi connectivity index (χ1n) is 3.39. The highest BCUT2D eigenvalue weighted by atomic mass is 79.9. The summed E-state index contributed by atoms with van der Waals surface area (Å²) in [6.45, 7) is 0. The molecule has 0 spiro atoms. The molecule has 0 aliphatic heterocycles. The standard InChI is InChI=1S/C8H6BrFO3/c9-5-1-4(2-8(12)13)6(10)3-7(5)11/h1,3,11H,2H2,(H,12,13). The number of carbonyl (C=O) groups is 1. The maximum absolute atomic E-state index is 12.9. The molecule has 1 aromatic carbocycles. The summed E-state index contributed by atoms with van der Waals surface area (Å²) in [5, 5.41) is 17.4. The highest BCUT2D eigenvalue weighted by Crippen LogP contribution is 2.26. The molecule has 2 N–H and O–H groups in total. The lowest BCUT2D eigenvalue weighted by Gasteiger charge is -2.02. The molecular weight excluding hydrogens is 243 g/mol. The molecule has 0 fully saturated rings. The highest BCUT2D eigenvalue weighted by molar-refractivity contribution is 9.10. The van der Waals surface area contributed by atoms with Gasteiger partial charge in [0.2, 0.25) is 0 Å². The summed E-state index contributed by atoms with van der Waals surface area (Å²) in [4.78, 5) is 10.3. The van der Waals surface area contributed by atoms with Gasteiger partial charge in [-0.1, -0.05) is 0 Å². The van der Waals surface area contributed by atoms with E-state index in [0.29, 0.717) is 0 Å². The molecule has 13 heavy (non-hydrogen) atoms. The number of carboxylic acid groups (broad SMARTS) is 1. The maximum atomic E-state index is 12.9. The van der Waals surface area contributed by atoms with E-state index < -0.39 is 18.2 Å². The average Bonchev–Trinajstić information content (AvgIpc) is 1.99. The van der Waals surface area contributed by atoms with Crippen molar-refractivity contribution in [2.75, 3.05) is 0 Å². The van der Waals surface area contributed by atoms with E-state index in [4.69, 9.17) is 10.2 Å². The number of benzene rings is 1. The third kappa shape index (κ3) is 2.42. The van der Waals surface area contributed by atoms with Gasteiger partial charge in [-0.05, 0) is 22.0 Å². The Balaban J connectivity index is 3.08. The Hall–Kier alpha value is -1.10. The van der Waals surface area contributed by atoms with Gasteiger partial charge in [0, 0.05) is 11.6 Å². The van der Waals surface area contributed by atoms with Crippen molar-refractivity contribution in [2.24, 2.45) is 0 Å². The number of aromatic hydroxyl groups is 1. The lowest BCUT2D eigenvalue weighted by atomic mass is 10.1. The zero-order valence-electron chi connectivity index (χ0n) is 6.42. The van der Waals surface area contributed by atoms with Gasteiger partial charge >= 0.3 is 5.97 Å². The molecule has 0 aliphatic carbocycles. The minimum absolute atomic E-state index is 0.0391. The molecule has 0 unspecified atom stereocenters. The molecule has 0 bridgehead atoms. The van der Waals surface area contributed by atoms with E-state index >= 15 is 0 Å². The van der Waals surface area contributed by atoms with E-state index in [2.05, 4.69) is 15.9 Å². The van der Waals surface area contributed by atoms with Gasteiger partial charge in [-0.2, -0.15) is 0 Å². The first-order chi connectivity index (χ1) is 6.00. The van der Waals surface area contributed by atoms with E-state index in [-0.39, 0.29) is 15.8 Å². The topological polar surface area (TPSA) is 57.5 Å². The number of phenols is 1. The fraction of sp³-hybridized carbons (Fsp3) is 0.125. The number of rotatable bonds is 2. The lowest BCUT2D eigenvalue weighted by molar-refractivity contribution is -0.136. The Morgan fingerprint density at radius 3 is 2.69 bits per heavy atom. The summed E-state index contributed by atoms with van der Waals surface area (Å²) in [7, 11) is 0. The molecule has 0 saturated carbocycles. The molecule has 70 valence electrons. The van der Waals surface area contributed by atoms with E-state index in [9.17, 15) is 9.18 Å². The van der Waals surface area contributed by atoms with Crippen molar-refractivity contribution in [3.8, 4) is 5.75 Å². The van der Waals surface area contributed by atoms with E-state index in [1.54, 1.807) is 0 Å². The van der Waals surface area contributed by atoms with E-state index in [1.807, 2.05) is 0 Å². The Morgan fingerprint density at radius 1 is 1.54 bits per heavy atom. The van der Waals surface area contributed by atoms with Gasteiger partial charge in [-0.15, -0.1) is 0 Å². The Kier molecular flexibility index (Phi) is 2.87. The van der Waals surface area contributed by atoms with E-state index in [1.165, 1.54) is 6.07 Å². The van der Waals surface area contributed by atoms with Crippen LogP contribution < -0.4 is 0 Å². The molecule has 1 aromatic rings. The molecule has 0 aromatic heterocycles. The predicted molar refractivity (Wildman–Crippen MR) is 47.1 cm³/mol. The predicted octanol–water partition coefficient (Wildman–Crippen LogP) is 1.92. The van der Waals surface area contributed by atoms with Crippen molar-refractivity contribution >= 4 is 21.9 Å². The SMILES string of the molecule is O=C(O)Cc1cc(Br)c(O)cc1F. The molecule has 0 saturated heterocycles. The van der Waals surface area contributed by atoms with Crippen LogP contribution in [0.15, 0.2) is 16.6 Å². The van der Waals surface area contributed by atoms with E-state index in [0.717, 1.165) is 6.07 Å². The number of halogens is 2. The second-order valence-electron chi connectivity index (χ2n) is 2.47. The van der Waals surface area contributed by atoms with Gasteiger partial charge in [-0.3, -0.25) is 4.79 Å². The van der Waals surface area contributed by atoms with Gasteiger partial charge < -0.3 is 10.2 Å². The minimum Gasteiger partial charge on any atom is -0.507 e. The zero-order valence-corrected chi connectivity index (χ0v) is 8.01. The van der Waals surface area contributed by atoms with Crippen LogP contribution in [0.25, 0.3) is 0 Å². The monoisotopic (exact) mass is 248 g/mol. The van der Waals surface area contributed by atoms with Crippen LogP contribution in [0.1, 0.15) is 5.56 Å². The number of hydrogen-bond acceptors (Lipinski definition) is 2. The van der Waals surface area contributed by atoms with Gasteiger partial charge in [0.05, 0.1) is 10.9 Å². The molecule has 0 aliphatic rings. The molecular formula is C8H6BrFO3. The molecule has 3 nitrogen and oxygen atoms in total. The summed E-state index contributed by atoms with van der Waals surface area (Å²) >= 11 is 2.96. The zero-order chi connectivity index (χ0) is 10.0. The van der Waals surface area contributed by atoms with Crippen LogP contribution in [0.3, 0.4) is 0 Å². The third-order valence-electron chi connectivity index (χ3n) is 1.46. The quantitative estimate of drug-likeness (QED) is 0.841. The van der Waals surface area contributed by atoms with Crippen LogP contribution in [0.2, 0.25) is 0 Å². The van der Waals surface area contributed by atoms with Crippen molar-refractivity contribution in [3.63, 3.8) is 0 Å². The fourth-order valence-electron chi connectivity index (χ4n) is 0.876. The van der Waals surface area contributed by atoms with Crippen molar-refractivity contribution < 1.29 is 19.4 Å². The smallest absolute Gasteiger partial charge is 0.307 e. The van der Waals surface area contributed by atoms with Gasteiger partial charge in [-0.25, -0.2) is 4.39 Å². The van der Waals surface area contributed by atoms with Crippen molar-refractivity contribution in [2.45, 2.75) is 6.42 Å². The number of phenolic OH excluding ortho intramolecular Hbond substituents is 1. The van der Waals surface area contributed by atoms with Crippen LogP contribution >= 0.6 is 15.9 Å². The third-order valence-corrected chi connectivity index (χ3v) is 2.09. The number of hydrogen-bond donors (Lipinski definition) is 2. The maximum Gasteiger partial charge on any atom is 0.307 e. The molecule has 5 heteroatoms. The first-order valence-corrected chi connectivity index (χ1v) is 4.18. The Labute approximate surface area is 81.9 Å². The minimum atomic E-state index is -1.11. The molecule has 0 radical (unpaired) electrons. The van der Waals surface area contributed by atoms with Gasteiger partial charge in [0.25, 0.3) is 0 Å².